The Bertz CT molecular complexity index is 261. The molecule has 0 aromatic carbocycles. The summed E-state index contributed by atoms with van der Waals surface area (Å²) in [5, 5.41) is 11.2. The van der Waals surface area contributed by atoms with Gasteiger partial charge in [0, 0.05) is 12.0 Å². The quantitative estimate of drug-likeness (QED) is 0.796. The Balaban J connectivity index is 3.10. The van der Waals surface area contributed by atoms with E-state index in [1.807, 2.05) is 0 Å². The number of aliphatic hydroxyl groups is 1. The molecule has 1 aliphatic carbocycles. The topological polar surface area (TPSA) is 46.2 Å². The van der Waals surface area contributed by atoms with Gasteiger partial charge in [-0.3, -0.25) is 0 Å². The minimum atomic E-state index is -0.623. The lowest BCUT2D eigenvalue weighted by atomic mass is 9.52. The molecule has 1 fully saturated rings. The van der Waals surface area contributed by atoms with Crippen LogP contribution in [0.15, 0.2) is 0 Å². The summed E-state index contributed by atoms with van der Waals surface area (Å²) >= 11 is 0. The van der Waals surface area contributed by atoms with Crippen LogP contribution in [0.2, 0.25) is 0 Å². The van der Waals surface area contributed by atoms with E-state index in [0.29, 0.717) is 6.54 Å². The van der Waals surface area contributed by atoms with Crippen LogP contribution in [0.25, 0.3) is 0 Å². The zero-order valence-corrected chi connectivity index (χ0v) is 12.6. The van der Waals surface area contributed by atoms with Crippen molar-refractivity contribution in [1.82, 2.24) is 0 Å². The van der Waals surface area contributed by atoms with Gasteiger partial charge in [0.25, 0.3) is 0 Å². The highest BCUT2D eigenvalue weighted by molar-refractivity contribution is 5.05. The molecule has 0 aliphatic heterocycles. The lowest BCUT2D eigenvalue weighted by Gasteiger charge is -2.56. The third-order valence-corrected chi connectivity index (χ3v) is 4.85. The Morgan fingerprint density at radius 2 is 1.47 bits per heavy atom. The minimum absolute atomic E-state index is 0.165. The molecule has 17 heavy (non-hydrogen) atoms. The third-order valence-electron chi connectivity index (χ3n) is 4.85. The second-order valence-corrected chi connectivity index (χ2v) is 8.01. The largest absolute Gasteiger partial charge is 0.389 e. The summed E-state index contributed by atoms with van der Waals surface area (Å²) in [4.78, 5) is 0. The summed E-state index contributed by atoms with van der Waals surface area (Å²) in [5.41, 5.74) is 5.56. The monoisotopic (exact) mass is 241 g/mol. The molecule has 1 rings (SSSR count). The second kappa shape index (κ2) is 4.24. The Kier molecular flexibility index (Phi) is 3.73. The normalized spacial score (nSPS) is 29.6. The van der Waals surface area contributed by atoms with Crippen LogP contribution in [0.5, 0.6) is 0 Å². The summed E-state index contributed by atoms with van der Waals surface area (Å²) in [7, 11) is 0. The van der Waals surface area contributed by atoms with Gasteiger partial charge in [-0.1, -0.05) is 41.5 Å². The molecule has 1 saturated carbocycles. The first-order valence-corrected chi connectivity index (χ1v) is 6.92. The fraction of sp³-hybridized carbons (Fsp3) is 1.00. The Morgan fingerprint density at radius 3 is 1.76 bits per heavy atom. The van der Waals surface area contributed by atoms with E-state index in [1.54, 1.807) is 0 Å². The number of hydrogen-bond acceptors (Lipinski definition) is 2. The van der Waals surface area contributed by atoms with Crippen LogP contribution in [-0.4, -0.2) is 17.3 Å². The molecular formula is C15H31NO. The highest BCUT2D eigenvalue weighted by Crippen LogP contribution is 2.56. The summed E-state index contributed by atoms with van der Waals surface area (Å²) in [6.07, 6.45) is 3.84. The molecule has 3 N–H and O–H groups in total. The highest BCUT2D eigenvalue weighted by atomic mass is 16.3. The first-order chi connectivity index (χ1) is 7.49. The fourth-order valence-electron chi connectivity index (χ4n) is 4.16. The molecular weight excluding hydrogens is 210 g/mol. The van der Waals surface area contributed by atoms with E-state index in [2.05, 4.69) is 41.5 Å². The van der Waals surface area contributed by atoms with Crippen molar-refractivity contribution in [2.45, 2.75) is 72.8 Å². The van der Waals surface area contributed by atoms with Crippen molar-refractivity contribution >= 4 is 0 Å². The predicted octanol–water partition coefficient (Wildman–Crippen LogP) is 3.33. The smallest absolute Gasteiger partial charge is 0.0723 e. The van der Waals surface area contributed by atoms with Gasteiger partial charge in [0.15, 0.2) is 0 Å². The molecule has 1 aliphatic rings. The fourth-order valence-corrected chi connectivity index (χ4v) is 4.16. The van der Waals surface area contributed by atoms with E-state index in [4.69, 9.17) is 5.73 Å². The van der Waals surface area contributed by atoms with Crippen LogP contribution in [0.3, 0.4) is 0 Å². The summed E-state index contributed by atoms with van der Waals surface area (Å²) in [6.45, 7) is 13.9. The van der Waals surface area contributed by atoms with Crippen molar-refractivity contribution in [3.05, 3.63) is 0 Å². The average molecular weight is 241 g/mol. The average Bonchev–Trinajstić information content (AvgIpc) is 2.10. The molecule has 102 valence electrons. The summed E-state index contributed by atoms with van der Waals surface area (Å²) < 4.78 is 0. The van der Waals surface area contributed by atoms with E-state index in [1.165, 1.54) is 6.42 Å². The van der Waals surface area contributed by atoms with Gasteiger partial charge >= 0.3 is 0 Å². The molecule has 2 heteroatoms. The maximum Gasteiger partial charge on any atom is 0.0723 e. The Morgan fingerprint density at radius 1 is 1.06 bits per heavy atom. The van der Waals surface area contributed by atoms with E-state index in [9.17, 15) is 5.11 Å². The van der Waals surface area contributed by atoms with Crippen LogP contribution in [0.1, 0.15) is 67.2 Å². The van der Waals surface area contributed by atoms with Crippen LogP contribution in [0, 0.1) is 16.2 Å². The van der Waals surface area contributed by atoms with Gasteiger partial charge in [0.05, 0.1) is 5.60 Å². The molecule has 1 unspecified atom stereocenters. The molecule has 0 heterocycles. The number of nitrogens with two attached hydrogens (primary N) is 1. The highest BCUT2D eigenvalue weighted by Gasteiger charge is 2.54. The lowest BCUT2D eigenvalue weighted by molar-refractivity contribution is -0.157. The molecule has 1 atom stereocenters. The zero-order valence-electron chi connectivity index (χ0n) is 12.6. The first-order valence-electron chi connectivity index (χ1n) is 6.92. The Labute approximate surface area is 107 Å². The van der Waals surface area contributed by atoms with Gasteiger partial charge in [0.2, 0.25) is 0 Å². The van der Waals surface area contributed by atoms with Crippen molar-refractivity contribution in [2.24, 2.45) is 22.0 Å². The number of rotatable bonds is 3. The standard InChI is InChI=1S/C15H31NO/c1-7-14(6,11-16)15(17)9-12(2,3)8-13(4,5)10-15/h17H,7-11,16H2,1-6H3. The third kappa shape index (κ3) is 2.85. The molecule has 0 aromatic rings. The van der Waals surface area contributed by atoms with Gasteiger partial charge in [-0.2, -0.15) is 0 Å². The molecule has 0 radical (unpaired) electrons. The zero-order chi connectivity index (χ0) is 13.5. The van der Waals surface area contributed by atoms with Gasteiger partial charge in [-0.05, 0) is 36.5 Å². The Hall–Kier alpha value is -0.0800. The second-order valence-electron chi connectivity index (χ2n) is 8.01. The van der Waals surface area contributed by atoms with Crippen LogP contribution < -0.4 is 5.73 Å². The van der Waals surface area contributed by atoms with Gasteiger partial charge in [-0.25, -0.2) is 0 Å². The van der Waals surface area contributed by atoms with Crippen LogP contribution >= 0.6 is 0 Å². The minimum Gasteiger partial charge on any atom is -0.389 e. The van der Waals surface area contributed by atoms with Gasteiger partial charge < -0.3 is 10.8 Å². The maximum atomic E-state index is 11.2. The molecule has 0 saturated heterocycles. The summed E-state index contributed by atoms with van der Waals surface area (Å²) in [5.74, 6) is 0. The van der Waals surface area contributed by atoms with E-state index >= 15 is 0 Å². The van der Waals surface area contributed by atoms with Gasteiger partial charge in [-0.15, -0.1) is 0 Å². The predicted molar refractivity (Wildman–Crippen MR) is 73.8 cm³/mol. The number of hydrogen-bond donors (Lipinski definition) is 2. The van der Waals surface area contributed by atoms with E-state index in [0.717, 1.165) is 19.3 Å². The van der Waals surface area contributed by atoms with E-state index < -0.39 is 5.60 Å². The molecule has 0 aromatic heterocycles. The van der Waals surface area contributed by atoms with Crippen molar-refractivity contribution < 1.29 is 5.11 Å². The maximum absolute atomic E-state index is 11.2. The SMILES string of the molecule is CCC(C)(CN)C1(O)CC(C)(C)CC(C)(C)C1. The lowest BCUT2D eigenvalue weighted by Crippen LogP contribution is -2.57. The van der Waals surface area contributed by atoms with Crippen molar-refractivity contribution in [3.63, 3.8) is 0 Å². The van der Waals surface area contributed by atoms with Crippen molar-refractivity contribution in [1.29, 1.82) is 0 Å². The van der Waals surface area contributed by atoms with Crippen LogP contribution in [0.4, 0.5) is 0 Å². The molecule has 0 amide bonds. The van der Waals surface area contributed by atoms with Crippen molar-refractivity contribution in [3.8, 4) is 0 Å². The summed E-state index contributed by atoms with van der Waals surface area (Å²) in [6, 6.07) is 0. The van der Waals surface area contributed by atoms with Crippen LogP contribution in [-0.2, 0) is 0 Å². The van der Waals surface area contributed by atoms with E-state index in [-0.39, 0.29) is 16.2 Å². The van der Waals surface area contributed by atoms with Crippen molar-refractivity contribution in [2.75, 3.05) is 6.54 Å². The molecule has 0 bridgehead atoms. The first kappa shape index (κ1) is 15.0. The van der Waals surface area contributed by atoms with Gasteiger partial charge in [0.1, 0.15) is 0 Å². The molecule has 2 nitrogen and oxygen atoms in total. The molecule has 0 spiro atoms.